The van der Waals surface area contributed by atoms with Gasteiger partial charge in [-0.05, 0) is 65.8 Å². The monoisotopic (exact) mass is 551 g/mol. The van der Waals surface area contributed by atoms with E-state index in [1.165, 1.54) is 16.8 Å². The first kappa shape index (κ1) is 28.6. The molecule has 0 amide bonds. The van der Waals surface area contributed by atoms with Crippen LogP contribution >= 0.6 is 0 Å². The number of nitrogens with zero attached hydrogens (tertiary/aromatic N) is 7. The molecule has 0 bridgehead atoms. The Morgan fingerprint density at radius 1 is 1.13 bits per heavy atom. The maximum Gasteiger partial charge on any atom is 0.246 e. The fourth-order valence-electron chi connectivity index (χ4n) is 5.66. The number of piperidine rings is 1. The highest BCUT2D eigenvalue weighted by atomic mass is 32.2. The summed E-state index contributed by atoms with van der Waals surface area (Å²) in [4.78, 5) is 17.0. The van der Waals surface area contributed by atoms with E-state index in [4.69, 9.17) is 6.57 Å². The van der Waals surface area contributed by atoms with Gasteiger partial charge in [-0.1, -0.05) is 0 Å². The van der Waals surface area contributed by atoms with Gasteiger partial charge in [-0.3, -0.25) is 4.90 Å². The summed E-state index contributed by atoms with van der Waals surface area (Å²) >= 11 is 0. The number of sulfonamides is 1. The van der Waals surface area contributed by atoms with Gasteiger partial charge in [-0.25, -0.2) is 23.2 Å². The number of nitrogens with one attached hydrogen (secondary N) is 2. The van der Waals surface area contributed by atoms with Crippen LogP contribution < -0.4 is 15.5 Å². The SMILES string of the molecule is [C-]#[N+]c1cnc(Nc2ccc(N3CCN(S(C)(=O)=O)CC3)c(C#N)c2)nc1NC1CC(C)(C)N(C)C(C)(C)C1. The third-order valence-electron chi connectivity index (χ3n) is 7.96. The van der Waals surface area contributed by atoms with Crippen molar-refractivity contribution < 1.29 is 8.42 Å². The Hall–Kier alpha value is -3.45. The number of rotatable bonds is 6. The molecule has 2 saturated heterocycles. The number of anilines is 4. The third kappa shape index (κ3) is 6.25. The molecular formula is C27H37N9O2S. The van der Waals surface area contributed by atoms with Crippen LogP contribution in [0.4, 0.5) is 28.8 Å². The molecule has 1 aromatic heterocycles. The predicted molar refractivity (Wildman–Crippen MR) is 154 cm³/mol. The Morgan fingerprint density at radius 3 is 2.33 bits per heavy atom. The number of benzene rings is 1. The zero-order valence-electron chi connectivity index (χ0n) is 23.5. The number of piperazine rings is 1. The van der Waals surface area contributed by atoms with Gasteiger partial charge in [0.2, 0.25) is 21.7 Å². The number of likely N-dealkylation sites (tertiary alicyclic amines) is 1. The highest BCUT2D eigenvalue weighted by Crippen LogP contribution is 2.39. The van der Waals surface area contributed by atoms with E-state index in [1.807, 2.05) is 17.0 Å². The summed E-state index contributed by atoms with van der Waals surface area (Å²) in [5, 5.41) is 16.5. The first-order valence-electron chi connectivity index (χ1n) is 13.0. The minimum absolute atomic E-state index is 0.0152. The van der Waals surface area contributed by atoms with Crippen LogP contribution in [0.15, 0.2) is 24.4 Å². The van der Waals surface area contributed by atoms with Crippen LogP contribution in [0, 0.1) is 17.9 Å². The Bertz CT molecular complexity index is 1400. The highest BCUT2D eigenvalue weighted by molar-refractivity contribution is 7.88. The van der Waals surface area contributed by atoms with E-state index in [1.54, 1.807) is 6.07 Å². The van der Waals surface area contributed by atoms with Crippen LogP contribution in [-0.4, -0.2) is 84.2 Å². The van der Waals surface area contributed by atoms with Crippen LogP contribution in [0.5, 0.6) is 0 Å². The lowest BCUT2D eigenvalue weighted by Gasteiger charge is -2.53. The molecular weight excluding hydrogens is 514 g/mol. The van der Waals surface area contributed by atoms with Gasteiger partial charge < -0.3 is 15.5 Å². The van der Waals surface area contributed by atoms with Crippen molar-refractivity contribution in [2.24, 2.45) is 0 Å². The summed E-state index contributed by atoms with van der Waals surface area (Å²) in [5.74, 6) is 0.819. The standard InChI is InChI=1S/C27H37N9O2S/c1-26(2)15-21(16-27(3,4)34(26)6)31-24-22(29-5)18-30-25(33-24)32-20-8-9-23(19(14-20)17-28)35-10-12-36(13-11-35)39(7,37)38/h8-9,14,18,21H,10-13,15-16H2,1-4,6-7H3,(H2,30,31,32,33). The van der Waals surface area contributed by atoms with E-state index in [9.17, 15) is 13.7 Å². The van der Waals surface area contributed by atoms with Crippen molar-refractivity contribution in [3.8, 4) is 6.07 Å². The molecule has 0 spiro atoms. The molecule has 0 saturated carbocycles. The van der Waals surface area contributed by atoms with E-state index in [2.05, 4.69) is 71.2 Å². The molecule has 0 unspecified atom stereocenters. The van der Waals surface area contributed by atoms with Crippen LogP contribution in [0.1, 0.15) is 46.1 Å². The summed E-state index contributed by atoms with van der Waals surface area (Å²) in [6, 6.07) is 7.83. The highest BCUT2D eigenvalue weighted by Gasteiger charge is 2.43. The van der Waals surface area contributed by atoms with Gasteiger partial charge in [0.25, 0.3) is 0 Å². The van der Waals surface area contributed by atoms with Crippen molar-refractivity contribution in [3.05, 3.63) is 41.4 Å². The second kappa shape index (κ2) is 10.6. The van der Waals surface area contributed by atoms with Gasteiger partial charge in [0.1, 0.15) is 11.9 Å². The summed E-state index contributed by atoms with van der Waals surface area (Å²) in [6.45, 7) is 18.3. The second-order valence-electron chi connectivity index (χ2n) is 11.6. The summed E-state index contributed by atoms with van der Waals surface area (Å²) in [6.07, 6.45) is 4.54. The van der Waals surface area contributed by atoms with Gasteiger partial charge >= 0.3 is 0 Å². The molecule has 0 atom stereocenters. The average molecular weight is 552 g/mol. The number of hydrogen-bond acceptors (Lipinski definition) is 9. The van der Waals surface area contributed by atoms with E-state index < -0.39 is 10.0 Å². The van der Waals surface area contributed by atoms with Crippen molar-refractivity contribution in [2.75, 3.05) is 55.0 Å². The van der Waals surface area contributed by atoms with E-state index in [0.29, 0.717) is 54.9 Å². The van der Waals surface area contributed by atoms with Crippen molar-refractivity contribution >= 4 is 38.9 Å². The number of nitriles is 1. The normalized spacial score (nSPS) is 20.2. The molecule has 11 nitrogen and oxygen atoms in total. The summed E-state index contributed by atoms with van der Waals surface area (Å²) in [7, 11) is -1.07. The minimum atomic E-state index is -3.23. The fraction of sp³-hybridized carbons (Fsp3) is 0.556. The van der Waals surface area contributed by atoms with Crippen LogP contribution in [-0.2, 0) is 10.0 Å². The zero-order valence-corrected chi connectivity index (χ0v) is 24.3. The molecule has 39 heavy (non-hydrogen) atoms. The van der Waals surface area contributed by atoms with Gasteiger partial charge in [0.05, 0.1) is 24.1 Å². The van der Waals surface area contributed by atoms with Crippen LogP contribution in [0.3, 0.4) is 0 Å². The summed E-state index contributed by atoms with van der Waals surface area (Å²) in [5.41, 5.74) is 2.21. The zero-order chi connectivity index (χ0) is 28.6. The van der Waals surface area contributed by atoms with E-state index in [0.717, 1.165) is 18.5 Å². The molecule has 2 N–H and O–H groups in total. The lowest BCUT2D eigenvalue weighted by atomic mass is 9.77. The maximum absolute atomic E-state index is 11.8. The number of hydrogen-bond donors (Lipinski definition) is 2. The molecule has 3 heterocycles. The first-order chi connectivity index (χ1) is 18.2. The van der Waals surface area contributed by atoms with Crippen molar-refractivity contribution in [3.63, 3.8) is 0 Å². The Labute approximate surface area is 231 Å². The molecule has 12 heteroatoms. The second-order valence-corrected chi connectivity index (χ2v) is 13.6. The van der Waals surface area contributed by atoms with Gasteiger partial charge in [-0.15, -0.1) is 0 Å². The maximum atomic E-state index is 11.8. The molecule has 0 aliphatic carbocycles. The lowest BCUT2D eigenvalue weighted by molar-refractivity contribution is -0.00771. The Kier molecular flexibility index (Phi) is 7.77. The molecule has 0 radical (unpaired) electrons. The van der Waals surface area contributed by atoms with Gasteiger partial charge in [0, 0.05) is 55.2 Å². The van der Waals surface area contributed by atoms with Crippen LogP contribution in [0.2, 0.25) is 0 Å². The Balaban J connectivity index is 1.51. The van der Waals surface area contributed by atoms with E-state index >= 15 is 0 Å². The number of aromatic nitrogens is 2. The quantitative estimate of drug-likeness (QED) is 0.517. The molecule has 2 aliphatic rings. The van der Waals surface area contributed by atoms with Crippen molar-refractivity contribution in [1.29, 1.82) is 5.26 Å². The molecule has 2 aliphatic heterocycles. The van der Waals surface area contributed by atoms with E-state index in [-0.39, 0.29) is 17.1 Å². The van der Waals surface area contributed by atoms with Crippen LogP contribution in [0.25, 0.3) is 4.85 Å². The molecule has 1 aromatic carbocycles. The van der Waals surface area contributed by atoms with Crippen molar-refractivity contribution in [2.45, 2.75) is 57.7 Å². The van der Waals surface area contributed by atoms with Gasteiger partial charge in [-0.2, -0.15) is 9.57 Å². The third-order valence-corrected chi connectivity index (χ3v) is 9.26. The fourth-order valence-corrected chi connectivity index (χ4v) is 6.49. The largest absolute Gasteiger partial charge is 0.376 e. The molecule has 2 aromatic rings. The average Bonchev–Trinajstić information content (AvgIpc) is 2.86. The minimum Gasteiger partial charge on any atom is -0.376 e. The molecule has 2 fully saturated rings. The lowest BCUT2D eigenvalue weighted by Crippen LogP contribution is -2.61. The van der Waals surface area contributed by atoms with Gasteiger partial charge in [0.15, 0.2) is 0 Å². The first-order valence-corrected chi connectivity index (χ1v) is 14.8. The molecule has 4 rings (SSSR count). The Morgan fingerprint density at radius 2 is 1.77 bits per heavy atom. The molecule has 208 valence electrons. The van der Waals surface area contributed by atoms with Crippen molar-refractivity contribution in [1.82, 2.24) is 19.2 Å². The topological polar surface area (TPSA) is 122 Å². The smallest absolute Gasteiger partial charge is 0.246 e. The summed E-state index contributed by atoms with van der Waals surface area (Å²) < 4.78 is 25.1. The predicted octanol–water partition coefficient (Wildman–Crippen LogP) is 3.79.